The van der Waals surface area contributed by atoms with E-state index in [4.69, 9.17) is 9.47 Å². The number of rotatable bonds is 6. The van der Waals surface area contributed by atoms with Crippen LogP contribution < -0.4 is 24.8 Å². The van der Waals surface area contributed by atoms with Gasteiger partial charge in [0.1, 0.15) is 11.5 Å². The van der Waals surface area contributed by atoms with Crippen LogP contribution in [0.15, 0.2) is 60.3 Å². The van der Waals surface area contributed by atoms with Crippen molar-refractivity contribution in [1.29, 1.82) is 0 Å². The molecule has 2 aromatic rings. The molecule has 1 saturated heterocycles. The van der Waals surface area contributed by atoms with Gasteiger partial charge in [-0.3, -0.25) is 9.91 Å². The highest BCUT2D eigenvalue weighted by atomic mass is 16.5. The smallest absolute Gasteiger partial charge is 0.143 e. The van der Waals surface area contributed by atoms with Crippen molar-refractivity contribution in [3.8, 4) is 11.5 Å². The number of hydrazine groups is 1. The first-order chi connectivity index (χ1) is 14.2. The molecule has 6 heteroatoms. The van der Waals surface area contributed by atoms with Gasteiger partial charge in [-0.2, -0.15) is 0 Å². The largest absolute Gasteiger partial charge is 0.497 e. The lowest BCUT2D eigenvalue weighted by molar-refractivity contribution is 0.274. The highest BCUT2D eigenvalue weighted by molar-refractivity contribution is 5.61. The molecule has 0 radical (unpaired) electrons. The Hall–Kier alpha value is -2.70. The first-order valence-corrected chi connectivity index (χ1v) is 10.2. The molecule has 0 aliphatic carbocycles. The van der Waals surface area contributed by atoms with Gasteiger partial charge in [-0.25, -0.2) is 5.43 Å². The second-order valence-electron chi connectivity index (χ2n) is 7.56. The van der Waals surface area contributed by atoms with E-state index < -0.39 is 0 Å². The van der Waals surface area contributed by atoms with Gasteiger partial charge in [0, 0.05) is 56.7 Å². The van der Waals surface area contributed by atoms with Crippen LogP contribution in [0.3, 0.4) is 0 Å². The second-order valence-corrected chi connectivity index (χ2v) is 7.56. The summed E-state index contributed by atoms with van der Waals surface area (Å²) in [7, 11) is 3.43. The molecule has 0 bridgehead atoms. The average molecular weight is 395 g/mol. The highest BCUT2D eigenvalue weighted by Crippen LogP contribution is 2.30. The Morgan fingerprint density at radius 1 is 0.966 bits per heavy atom. The van der Waals surface area contributed by atoms with Crippen LogP contribution in [-0.2, 0) is 0 Å². The molecule has 154 valence electrons. The third-order valence-electron chi connectivity index (χ3n) is 5.73. The van der Waals surface area contributed by atoms with Crippen molar-refractivity contribution in [2.45, 2.75) is 13.0 Å². The van der Waals surface area contributed by atoms with Crippen LogP contribution in [0.1, 0.15) is 6.92 Å². The van der Waals surface area contributed by atoms with Crippen molar-refractivity contribution in [2.75, 3.05) is 56.9 Å². The van der Waals surface area contributed by atoms with Gasteiger partial charge < -0.3 is 14.4 Å². The molecular formula is C23H30N4O2. The maximum atomic E-state index is 5.51. The molecule has 2 aliphatic rings. The molecular weight excluding hydrogens is 364 g/mol. The number of methoxy groups -OCH3 is 2. The Balaban J connectivity index is 1.37. The zero-order valence-corrected chi connectivity index (χ0v) is 17.5. The van der Waals surface area contributed by atoms with E-state index in [-0.39, 0.29) is 0 Å². The second kappa shape index (κ2) is 8.76. The third kappa shape index (κ3) is 4.33. The van der Waals surface area contributed by atoms with Crippen LogP contribution in [0.25, 0.3) is 0 Å². The number of hydrogen-bond acceptors (Lipinski definition) is 6. The first-order valence-electron chi connectivity index (χ1n) is 10.2. The molecule has 1 N–H and O–H groups in total. The van der Waals surface area contributed by atoms with E-state index >= 15 is 0 Å². The van der Waals surface area contributed by atoms with E-state index in [1.54, 1.807) is 14.2 Å². The molecule has 2 aliphatic heterocycles. The number of piperazine rings is 1. The van der Waals surface area contributed by atoms with Gasteiger partial charge in [0.25, 0.3) is 0 Å². The molecule has 1 unspecified atom stereocenters. The molecule has 2 heterocycles. The van der Waals surface area contributed by atoms with Crippen molar-refractivity contribution in [2.24, 2.45) is 0 Å². The summed E-state index contributed by atoms with van der Waals surface area (Å²) in [5.74, 6) is 1.79. The number of benzene rings is 2. The standard InChI is InChI=1S/C23H30N4O2/c1-18-19(17-27(24-18)22-9-4-5-10-23(22)29-3)16-25-11-13-26(14-12-25)20-7-6-8-21(15-20)28-2/h4-10,15,17-18,24H,11-14,16H2,1-3H3. The third-order valence-corrected chi connectivity index (χ3v) is 5.73. The normalized spacial score (nSPS) is 20.0. The van der Waals surface area contributed by atoms with Crippen molar-refractivity contribution in [3.05, 3.63) is 60.3 Å². The first kappa shape index (κ1) is 19.6. The van der Waals surface area contributed by atoms with E-state index in [0.29, 0.717) is 6.04 Å². The lowest BCUT2D eigenvalue weighted by atomic mass is 10.1. The van der Waals surface area contributed by atoms with E-state index in [1.807, 2.05) is 24.3 Å². The Kier molecular flexibility index (Phi) is 5.92. The van der Waals surface area contributed by atoms with Gasteiger partial charge in [0.2, 0.25) is 0 Å². The fraction of sp³-hybridized carbons (Fsp3) is 0.391. The van der Waals surface area contributed by atoms with Crippen molar-refractivity contribution < 1.29 is 9.47 Å². The minimum atomic E-state index is 0.302. The summed E-state index contributed by atoms with van der Waals surface area (Å²) in [5, 5.41) is 2.09. The van der Waals surface area contributed by atoms with Crippen molar-refractivity contribution >= 4 is 11.4 Å². The summed E-state index contributed by atoms with van der Waals surface area (Å²) < 4.78 is 10.9. The van der Waals surface area contributed by atoms with Crippen LogP contribution in [0.4, 0.5) is 11.4 Å². The summed E-state index contributed by atoms with van der Waals surface area (Å²) in [4.78, 5) is 4.97. The molecule has 0 amide bonds. The fourth-order valence-electron chi connectivity index (χ4n) is 3.98. The van der Waals surface area contributed by atoms with Crippen LogP contribution >= 0.6 is 0 Å². The summed E-state index contributed by atoms with van der Waals surface area (Å²) in [6, 6.07) is 16.7. The number of ether oxygens (including phenoxy) is 2. The SMILES string of the molecule is COc1cccc(N2CCN(CC3=CN(c4ccccc4OC)NC3C)CC2)c1. The molecule has 0 spiro atoms. The van der Waals surface area contributed by atoms with E-state index in [0.717, 1.165) is 49.9 Å². The quantitative estimate of drug-likeness (QED) is 0.812. The van der Waals surface area contributed by atoms with Gasteiger partial charge in [0.05, 0.1) is 19.9 Å². The van der Waals surface area contributed by atoms with E-state index in [1.165, 1.54) is 11.3 Å². The number of hydrogen-bond donors (Lipinski definition) is 1. The predicted octanol–water partition coefficient (Wildman–Crippen LogP) is 3.12. The fourth-order valence-corrected chi connectivity index (χ4v) is 3.98. The van der Waals surface area contributed by atoms with Gasteiger partial charge in [0.15, 0.2) is 0 Å². The molecule has 0 saturated carbocycles. The summed E-state index contributed by atoms with van der Waals surface area (Å²) in [6.07, 6.45) is 2.22. The number of nitrogens with zero attached hydrogens (tertiary/aromatic N) is 3. The molecule has 4 rings (SSSR count). The molecule has 1 atom stereocenters. The van der Waals surface area contributed by atoms with Crippen LogP contribution in [0, 0.1) is 0 Å². The molecule has 2 aromatic carbocycles. The Morgan fingerprint density at radius 2 is 1.76 bits per heavy atom. The average Bonchev–Trinajstić information content (AvgIpc) is 3.14. The molecule has 1 fully saturated rings. The van der Waals surface area contributed by atoms with Crippen LogP contribution in [0.5, 0.6) is 11.5 Å². The summed E-state index contributed by atoms with van der Waals surface area (Å²) >= 11 is 0. The van der Waals surface area contributed by atoms with Gasteiger partial charge in [-0.05, 0) is 36.8 Å². The number of nitrogens with one attached hydrogen (secondary N) is 1. The Labute approximate surface area is 173 Å². The molecule has 6 nitrogen and oxygen atoms in total. The van der Waals surface area contributed by atoms with E-state index in [2.05, 4.69) is 57.6 Å². The summed E-state index contributed by atoms with van der Waals surface area (Å²) in [5.41, 5.74) is 7.21. The van der Waals surface area contributed by atoms with Crippen LogP contribution in [-0.4, -0.2) is 57.9 Å². The lowest BCUT2D eigenvalue weighted by Crippen LogP contribution is -2.47. The van der Waals surface area contributed by atoms with E-state index in [9.17, 15) is 0 Å². The molecule has 0 aromatic heterocycles. The number of anilines is 2. The van der Waals surface area contributed by atoms with Gasteiger partial charge >= 0.3 is 0 Å². The maximum absolute atomic E-state index is 5.51. The topological polar surface area (TPSA) is 40.2 Å². The minimum Gasteiger partial charge on any atom is -0.497 e. The maximum Gasteiger partial charge on any atom is 0.143 e. The lowest BCUT2D eigenvalue weighted by Gasteiger charge is -2.36. The van der Waals surface area contributed by atoms with Gasteiger partial charge in [-0.15, -0.1) is 0 Å². The monoisotopic (exact) mass is 394 g/mol. The zero-order valence-electron chi connectivity index (χ0n) is 17.5. The molecule has 29 heavy (non-hydrogen) atoms. The Morgan fingerprint density at radius 3 is 2.52 bits per heavy atom. The minimum absolute atomic E-state index is 0.302. The highest BCUT2D eigenvalue weighted by Gasteiger charge is 2.26. The van der Waals surface area contributed by atoms with Crippen molar-refractivity contribution in [1.82, 2.24) is 10.3 Å². The zero-order chi connectivity index (χ0) is 20.2. The predicted molar refractivity (Wildman–Crippen MR) is 118 cm³/mol. The summed E-state index contributed by atoms with van der Waals surface area (Å²) in [6.45, 7) is 7.35. The number of para-hydroxylation sites is 2. The van der Waals surface area contributed by atoms with Crippen LogP contribution in [0.2, 0.25) is 0 Å². The Bertz CT molecular complexity index is 861. The van der Waals surface area contributed by atoms with Gasteiger partial charge in [-0.1, -0.05) is 18.2 Å². The van der Waals surface area contributed by atoms with Crippen molar-refractivity contribution in [3.63, 3.8) is 0 Å².